The van der Waals surface area contributed by atoms with Crippen molar-refractivity contribution in [3.8, 4) is 5.75 Å². The van der Waals surface area contributed by atoms with Crippen molar-refractivity contribution in [2.24, 2.45) is 0 Å². The number of hydrogen-bond donors (Lipinski definition) is 1. The van der Waals surface area contributed by atoms with Crippen molar-refractivity contribution < 1.29 is 19.0 Å². The number of esters is 1. The van der Waals surface area contributed by atoms with E-state index in [0.717, 1.165) is 11.3 Å². The number of allylic oxidation sites excluding steroid dienone is 1. The van der Waals surface area contributed by atoms with Crippen LogP contribution in [0.4, 0.5) is 0 Å². The second-order valence-electron chi connectivity index (χ2n) is 5.93. The molecule has 0 fully saturated rings. The normalized spacial score (nSPS) is 16.8. The topological polar surface area (TPSA) is 60.0 Å². The molecule has 0 spiro atoms. The summed E-state index contributed by atoms with van der Waals surface area (Å²) in [5, 5.41) is 3.84. The standard InChI is InChI=1S/C20H26N2O4S/c1-5-10-25-16-9-7-8-15(13-16)18-17(19(23)26-12-11-24-4)14(3)22(6-2)20(27)21-18/h5,7-9,13,18H,1,6,10-12H2,2-4H3,(H,21,27)/t18-/m1/s1. The number of thiocarbonyl (C=S) groups is 1. The molecule has 0 aromatic heterocycles. The van der Waals surface area contributed by atoms with Crippen molar-refractivity contribution in [2.45, 2.75) is 19.9 Å². The van der Waals surface area contributed by atoms with Gasteiger partial charge in [-0.25, -0.2) is 4.79 Å². The van der Waals surface area contributed by atoms with Gasteiger partial charge in [0.05, 0.1) is 18.2 Å². The lowest BCUT2D eigenvalue weighted by molar-refractivity contribution is -0.140. The summed E-state index contributed by atoms with van der Waals surface area (Å²) in [5.41, 5.74) is 2.18. The van der Waals surface area contributed by atoms with Crippen molar-refractivity contribution in [1.82, 2.24) is 10.2 Å². The second kappa shape index (κ2) is 10.1. The Morgan fingerprint density at radius 1 is 1.41 bits per heavy atom. The lowest BCUT2D eigenvalue weighted by Gasteiger charge is -2.37. The second-order valence-corrected chi connectivity index (χ2v) is 6.31. The van der Waals surface area contributed by atoms with Crippen molar-refractivity contribution in [3.05, 3.63) is 53.8 Å². The predicted octanol–water partition coefficient (Wildman–Crippen LogP) is 2.97. The summed E-state index contributed by atoms with van der Waals surface area (Å²) < 4.78 is 16.0. The first-order chi connectivity index (χ1) is 13.0. The Hall–Kier alpha value is -2.38. The summed E-state index contributed by atoms with van der Waals surface area (Å²) in [4.78, 5) is 14.7. The first kappa shape index (κ1) is 20.9. The lowest BCUT2D eigenvalue weighted by Crippen LogP contribution is -2.47. The maximum atomic E-state index is 12.8. The Balaban J connectivity index is 2.39. The number of nitrogens with zero attached hydrogens (tertiary/aromatic N) is 1. The van der Waals surface area contributed by atoms with E-state index in [-0.39, 0.29) is 12.6 Å². The largest absolute Gasteiger partial charge is 0.490 e. The highest BCUT2D eigenvalue weighted by atomic mass is 32.1. The summed E-state index contributed by atoms with van der Waals surface area (Å²) in [6, 6.07) is 7.15. The van der Waals surface area contributed by atoms with Gasteiger partial charge in [-0.1, -0.05) is 24.8 Å². The molecule has 146 valence electrons. The number of hydrogen-bond acceptors (Lipinski definition) is 5. The van der Waals surface area contributed by atoms with E-state index in [4.69, 9.17) is 26.4 Å². The molecule has 7 heteroatoms. The van der Waals surface area contributed by atoms with E-state index in [9.17, 15) is 4.79 Å². The Bertz CT molecular complexity index is 732. The van der Waals surface area contributed by atoms with Gasteiger partial charge in [0.1, 0.15) is 19.0 Å². The van der Waals surface area contributed by atoms with Gasteiger partial charge >= 0.3 is 5.97 Å². The highest BCUT2D eigenvalue weighted by molar-refractivity contribution is 7.80. The van der Waals surface area contributed by atoms with Crippen LogP contribution in [0.2, 0.25) is 0 Å². The number of rotatable bonds is 9. The molecule has 0 aliphatic carbocycles. The van der Waals surface area contributed by atoms with Crippen molar-refractivity contribution in [3.63, 3.8) is 0 Å². The van der Waals surface area contributed by atoms with E-state index >= 15 is 0 Å². The molecular weight excluding hydrogens is 364 g/mol. The predicted molar refractivity (Wildman–Crippen MR) is 109 cm³/mol. The Kier molecular flexibility index (Phi) is 7.82. The number of methoxy groups -OCH3 is 1. The zero-order chi connectivity index (χ0) is 19.8. The molecule has 6 nitrogen and oxygen atoms in total. The van der Waals surface area contributed by atoms with E-state index in [1.807, 2.05) is 43.0 Å². The minimum Gasteiger partial charge on any atom is -0.490 e. The van der Waals surface area contributed by atoms with Crippen molar-refractivity contribution in [1.29, 1.82) is 0 Å². The molecule has 0 saturated heterocycles. The molecule has 0 bridgehead atoms. The molecular formula is C20H26N2O4S. The van der Waals surface area contributed by atoms with Crippen LogP contribution < -0.4 is 10.1 Å². The SMILES string of the molecule is C=CCOc1cccc([C@H]2NC(=S)N(CC)C(C)=C2C(=O)OCCOC)c1. The molecule has 1 N–H and O–H groups in total. The van der Waals surface area contributed by atoms with Crippen LogP contribution in [0.1, 0.15) is 25.5 Å². The summed E-state index contributed by atoms with van der Waals surface area (Å²) in [5.74, 6) is 0.309. The molecule has 1 aliphatic rings. The third kappa shape index (κ3) is 5.08. The molecule has 27 heavy (non-hydrogen) atoms. The van der Waals surface area contributed by atoms with Gasteiger partial charge in [0, 0.05) is 19.4 Å². The van der Waals surface area contributed by atoms with Crippen LogP contribution in [-0.2, 0) is 14.3 Å². The van der Waals surface area contributed by atoms with Crippen molar-refractivity contribution in [2.75, 3.05) is 33.5 Å². The van der Waals surface area contributed by atoms with Gasteiger partial charge in [-0.3, -0.25) is 0 Å². The van der Waals surface area contributed by atoms with Gasteiger partial charge in [-0.05, 0) is 43.8 Å². The number of nitrogens with one attached hydrogen (secondary N) is 1. The van der Waals surface area contributed by atoms with Crippen LogP contribution in [0, 0.1) is 0 Å². The molecule has 0 amide bonds. The zero-order valence-corrected chi connectivity index (χ0v) is 16.8. The van der Waals surface area contributed by atoms with Crippen LogP contribution in [0.15, 0.2) is 48.2 Å². The molecule has 1 aromatic carbocycles. The quantitative estimate of drug-likeness (QED) is 0.301. The van der Waals surface area contributed by atoms with Crippen LogP contribution in [0.25, 0.3) is 0 Å². The monoisotopic (exact) mass is 390 g/mol. The number of carbonyl (C=O) groups excluding carboxylic acids is 1. The maximum absolute atomic E-state index is 12.8. The van der Waals surface area contributed by atoms with Crippen LogP contribution in [0.3, 0.4) is 0 Å². The van der Waals surface area contributed by atoms with Gasteiger partial charge in [-0.2, -0.15) is 0 Å². The molecule has 1 atom stereocenters. The zero-order valence-electron chi connectivity index (χ0n) is 16.0. The smallest absolute Gasteiger partial charge is 0.338 e. The van der Waals surface area contributed by atoms with Gasteiger partial charge < -0.3 is 24.4 Å². The van der Waals surface area contributed by atoms with Crippen LogP contribution in [0.5, 0.6) is 5.75 Å². The average Bonchev–Trinajstić information content (AvgIpc) is 2.66. The summed E-state index contributed by atoms with van der Waals surface area (Å²) in [6.45, 7) is 9.12. The molecule has 0 unspecified atom stereocenters. The third-order valence-corrected chi connectivity index (χ3v) is 4.55. The van der Waals surface area contributed by atoms with E-state index in [2.05, 4.69) is 11.9 Å². The van der Waals surface area contributed by atoms with Crippen LogP contribution >= 0.6 is 12.2 Å². The van der Waals surface area contributed by atoms with Gasteiger partial charge in [0.25, 0.3) is 0 Å². The molecule has 0 radical (unpaired) electrons. The molecule has 1 heterocycles. The van der Waals surface area contributed by atoms with E-state index in [0.29, 0.717) is 36.2 Å². The van der Waals surface area contributed by atoms with Gasteiger partial charge in [-0.15, -0.1) is 0 Å². The highest BCUT2D eigenvalue weighted by Gasteiger charge is 2.34. The molecule has 0 saturated carbocycles. The van der Waals surface area contributed by atoms with Gasteiger partial charge in [0.2, 0.25) is 0 Å². The van der Waals surface area contributed by atoms with E-state index < -0.39 is 6.04 Å². The summed E-state index contributed by atoms with van der Waals surface area (Å²) in [7, 11) is 1.56. The van der Waals surface area contributed by atoms with Gasteiger partial charge in [0.15, 0.2) is 5.11 Å². The van der Waals surface area contributed by atoms with E-state index in [1.165, 1.54) is 0 Å². The number of ether oxygens (including phenoxy) is 3. The van der Waals surface area contributed by atoms with E-state index in [1.54, 1.807) is 13.2 Å². The Morgan fingerprint density at radius 2 is 2.19 bits per heavy atom. The molecule has 2 rings (SSSR count). The highest BCUT2D eigenvalue weighted by Crippen LogP contribution is 2.32. The maximum Gasteiger partial charge on any atom is 0.338 e. The minimum absolute atomic E-state index is 0.192. The lowest BCUT2D eigenvalue weighted by atomic mass is 9.95. The third-order valence-electron chi connectivity index (χ3n) is 4.21. The first-order valence-electron chi connectivity index (χ1n) is 8.82. The summed E-state index contributed by atoms with van der Waals surface area (Å²) >= 11 is 5.49. The van der Waals surface area contributed by atoms with Crippen molar-refractivity contribution >= 4 is 23.3 Å². The number of benzene rings is 1. The fraction of sp³-hybridized carbons (Fsp3) is 0.400. The first-order valence-corrected chi connectivity index (χ1v) is 9.22. The number of carbonyl (C=O) groups is 1. The average molecular weight is 391 g/mol. The Labute approximate surface area is 165 Å². The minimum atomic E-state index is -0.414. The van der Waals surface area contributed by atoms with Crippen LogP contribution in [-0.4, -0.2) is 49.5 Å². The molecule has 1 aliphatic heterocycles. The Morgan fingerprint density at radius 3 is 2.85 bits per heavy atom. The fourth-order valence-electron chi connectivity index (χ4n) is 2.91. The molecule has 1 aromatic rings. The fourth-order valence-corrected chi connectivity index (χ4v) is 3.29. The summed E-state index contributed by atoms with van der Waals surface area (Å²) in [6.07, 6.45) is 1.68.